The minimum Gasteiger partial charge on any atom is -0.359 e. The standard InChI is InChI=1S/C21H24N6S/c1-3-14-4-6-15(7-5-14)10-17(22)12-23-21-27-26-20(28-21)16-8-9-19-18(11-16)13(2)24-25-19/h4-9,11,17H,3,10,12,22H2,1-2H3,(H,23,27)(H,24,25)/t17-/m1/s1. The molecular formula is C21H24N6S. The molecule has 0 fully saturated rings. The lowest BCUT2D eigenvalue weighted by atomic mass is 10.0. The fourth-order valence-corrected chi connectivity index (χ4v) is 3.93. The molecule has 7 heteroatoms. The van der Waals surface area contributed by atoms with Crippen LogP contribution in [0.25, 0.3) is 21.5 Å². The second kappa shape index (κ2) is 8.08. The van der Waals surface area contributed by atoms with Crippen LogP contribution in [0.15, 0.2) is 42.5 Å². The van der Waals surface area contributed by atoms with E-state index in [-0.39, 0.29) is 6.04 Å². The van der Waals surface area contributed by atoms with Gasteiger partial charge in [-0.1, -0.05) is 42.5 Å². The van der Waals surface area contributed by atoms with E-state index in [1.54, 1.807) is 0 Å². The van der Waals surface area contributed by atoms with Crippen molar-refractivity contribution in [1.82, 2.24) is 20.4 Å². The molecule has 0 saturated heterocycles. The molecule has 0 aliphatic carbocycles. The summed E-state index contributed by atoms with van der Waals surface area (Å²) >= 11 is 1.54. The van der Waals surface area contributed by atoms with E-state index in [1.165, 1.54) is 22.5 Å². The molecule has 0 unspecified atom stereocenters. The number of anilines is 1. The van der Waals surface area contributed by atoms with Gasteiger partial charge in [0.15, 0.2) is 0 Å². The molecule has 28 heavy (non-hydrogen) atoms. The van der Waals surface area contributed by atoms with E-state index < -0.39 is 0 Å². The van der Waals surface area contributed by atoms with Crippen molar-refractivity contribution in [2.24, 2.45) is 5.73 Å². The van der Waals surface area contributed by atoms with Gasteiger partial charge in [-0.3, -0.25) is 5.10 Å². The van der Waals surface area contributed by atoms with Gasteiger partial charge in [0, 0.05) is 29.2 Å². The first-order valence-electron chi connectivity index (χ1n) is 9.48. The first-order chi connectivity index (χ1) is 13.6. The maximum atomic E-state index is 6.29. The zero-order valence-corrected chi connectivity index (χ0v) is 16.9. The molecule has 0 radical (unpaired) electrons. The molecule has 0 saturated carbocycles. The number of rotatable bonds is 7. The summed E-state index contributed by atoms with van der Waals surface area (Å²) in [6.45, 7) is 4.84. The van der Waals surface area contributed by atoms with Crippen LogP contribution in [0.5, 0.6) is 0 Å². The molecule has 4 rings (SSSR count). The number of nitrogens with one attached hydrogen (secondary N) is 2. The van der Waals surface area contributed by atoms with Crippen molar-refractivity contribution in [3.63, 3.8) is 0 Å². The van der Waals surface area contributed by atoms with E-state index in [4.69, 9.17) is 5.73 Å². The van der Waals surface area contributed by atoms with Gasteiger partial charge in [-0.2, -0.15) is 5.10 Å². The van der Waals surface area contributed by atoms with Gasteiger partial charge in [-0.05, 0) is 49.1 Å². The normalized spacial score (nSPS) is 12.4. The van der Waals surface area contributed by atoms with Crippen molar-refractivity contribution in [3.8, 4) is 10.6 Å². The molecule has 4 aromatic rings. The topological polar surface area (TPSA) is 92.5 Å². The van der Waals surface area contributed by atoms with Crippen molar-refractivity contribution in [3.05, 3.63) is 59.3 Å². The summed E-state index contributed by atoms with van der Waals surface area (Å²) in [5.41, 5.74) is 12.0. The van der Waals surface area contributed by atoms with Crippen molar-refractivity contribution in [2.45, 2.75) is 32.7 Å². The zero-order chi connectivity index (χ0) is 19.5. The Labute approximate surface area is 168 Å². The smallest absolute Gasteiger partial charge is 0.206 e. The van der Waals surface area contributed by atoms with Gasteiger partial charge in [0.1, 0.15) is 5.01 Å². The Hall–Kier alpha value is -2.77. The van der Waals surface area contributed by atoms with Crippen LogP contribution in [0.3, 0.4) is 0 Å². The summed E-state index contributed by atoms with van der Waals surface area (Å²) in [5, 5.41) is 22.0. The summed E-state index contributed by atoms with van der Waals surface area (Å²) < 4.78 is 0. The number of H-pyrrole nitrogens is 1. The van der Waals surface area contributed by atoms with E-state index in [0.717, 1.165) is 45.1 Å². The fourth-order valence-electron chi connectivity index (χ4n) is 3.19. The number of hydrogen-bond donors (Lipinski definition) is 3. The van der Waals surface area contributed by atoms with Gasteiger partial charge in [0.2, 0.25) is 5.13 Å². The van der Waals surface area contributed by atoms with E-state index in [1.807, 2.05) is 19.1 Å². The second-order valence-corrected chi connectivity index (χ2v) is 7.99. The number of aromatic nitrogens is 4. The molecule has 0 amide bonds. The van der Waals surface area contributed by atoms with E-state index in [2.05, 4.69) is 63.0 Å². The SMILES string of the molecule is CCc1ccc(C[C@@H](N)CNc2nnc(-c3ccc4n[nH]c(C)c4c3)s2)cc1. The van der Waals surface area contributed by atoms with Crippen LogP contribution in [-0.2, 0) is 12.8 Å². The van der Waals surface area contributed by atoms with Crippen LogP contribution < -0.4 is 11.1 Å². The maximum Gasteiger partial charge on any atom is 0.206 e. The molecule has 144 valence electrons. The van der Waals surface area contributed by atoms with Gasteiger partial charge in [-0.25, -0.2) is 0 Å². The van der Waals surface area contributed by atoms with Crippen molar-refractivity contribution >= 4 is 27.4 Å². The number of fused-ring (bicyclic) bond motifs is 1. The first kappa shape index (κ1) is 18.6. The lowest BCUT2D eigenvalue weighted by Gasteiger charge is -2.12. The average molecular weight is 393 g/mol. The Kier molecular flexibility index (Phi) is 5.36. The van der Waals surface area contributed by atoms with E-state index in [9.17, 15) is 0 Å². The third-order valence-electron chi connectivity index (χ3n) is 4.86. The molecule has 4 N–H and O–H groups in total. The molecule has 0 aliphatic heterocycles. The number of aryl methyl sites for hydroxylation is 2. The summed E-state index contributed by atoms with van der Waals surface area (Å²) in [6.07, 6.45) is 1.89. The van der Waals surface area contributed by atoms with E-state index in [0.29, 0.717) is 6.54 Å². The molecule has 2 aromatic carbocycles. The van der Waals surface area contributed by atoms with Crippen LogP contribution in [0.2, 0.25) is 0 Å². The highest BCUT2D eigenvalue weighted by atomic mass is 32.1. The second-order valence-electron chi connectivity index (χ2n) is 7.01. The third-order valence-corrected chi connectivity index (χ3v) is 5.79. The number of hydrogen-bond acceptors (Lipinski definition) is 6. The van der Waals surface area contributed by atoms with Gasteiger partial charge in [-0.15, -0.1) is 10.2 Å². The van der Waals surface area contributed by atoms with Gasteiger partial charge >= 0.3 is 0 Å². The number of nitrogens with zero attached hydrogens (tertiary/aromatic N) is 3. The predicted octanol–water partition coefficient (Wildman–Crippen LogP) is 3.93. The van der Waals surface area contributed by atoms with Gasteiger partial charge in [0.05, 0.1) is 5.52 Å². The summed E-state index contributed by atoms with van der Waals surface area (Å²) in [6, 6.07) is 14.8. The minimum atomic E-state index is 0.0183. The highest BCUT2D eigenvalue weighted by molar-refractivity contribution is 7.18. The number of nitrogens with two attached hydrogens (primary N) is 1. The average Bonchev–Trinajstić information content (AvgIpc) is 3.34. The van der Waals surface area contributed by atoms with Crippen LogP contribution in [0.4, 0.5) is 5.13 Å². The Morgan fingerprint density at radius 2 is 1.89 bits per heavy atom. The highest BCUT2D eigenvalue weighted by Crippen LogP contribution is 2.29. The molecule has 0 spiro atoms. The summed E-state index contributed by atoms with van der Waals surface area (Å²) in [4.78, 5) is 0. The molecule has 2 heterocycles. The van der Waals surface area contributed by atoms with Crippen molar-refractivity contribution in [2.75, 3.05) is 11.9 Å². The number of aromatic amines is 1. The Bertz CT molecular complexity index is 1070. The largest absolute Gasteiger partial charge is 0.359 e. The monoisotopic (exact) mass is 392 g/mol. The summed E-state index contributed by atoms with van der Waals surface area (Å²) in [5.74, 6) is 0. The fraction of sp³-hybridized carbons (Fsp3) is 0.286. The van der Waals surface area contributed by atoms with Crippen LogP contribution in [-0.4, -0.2) is 33.0 Å². The lowest BCUT2D eigenvalue weighted by Crippen LogP contribution is -2.31. The molecule has 0 aliphatic rings. The van der Waals surface area contributed by atoms with Crippen molar-refractivity contribution < 1.29 is 0 Å². The van der Waals surface area contributed by atoms with Crippen LogP contribution in [0, 0.1) is 6.92 Å². The first-order valence-corrected chi connectivity index (χ1v) is 10.3. The lowest BCUT2D eigenvalue weighted by molar-refractivity contribution is 0.698. The minimum absolute atomic E-state index is 0.0183. The predicted molar refractivity (Wildman–Crippen MR) is 116 cm³/mol. The third kappa shape index (κ3) is 4.05. The maximum absolute atomic E-state index is 6.29. The quantitative estimate of drug-likeness (QED) is 0.443. The molecule has 0 bridgehead atoms. The molecule has 1 atom stereocenters. The molecule has 2 aromatic heterocycles. The van der Waals surface area contributed by atoms with Crippen LogP contribution in [0.1, 0.15) is 23.7 Å². The van der Waals surface area contributed by atoms with Gasteiger partial charge < -0.3 is 11.1 Å². The van der Waals surface area contributed by atoms with Crippen molar-refractivity contribution in [1.29, 1.82) is 0 Å². The molecule has 6 nitrogen and oxygen atoms in total. The zero-order valence-electron chi connectivity index (χ0n) is 16.1. The highest BCUT2D eigenvalue weighted by Gasteiger charge is 2.11. The molecular weight excluding hydrogens is 368 g/mol. The summed E-state index contributed by atoms with van der Waals surface area (Å²) in [7, 11) is 0. The van der Waals surface area contributed by atoms with Gasteiger partial charge in [0.25, 0.3) is 0 Å². The Morgan fingerprint density at radius 3 is 2.68 bits per heavy atom. The number of benzene rings is 2. The Morgan fingerprint density at radius 1 is 1.11 bits per heavy atom. The Balaban J connectivity index is 1.37. The van der Waals surface area contributed by atoms with Crippen LogP contribution >= 0.6 is 11.3 Å². The van der Waals surface area contributed by atoms with E-state index >= 15 is 0 Å².